The van der Waals surface area contributed by atoms with Gasteiger partial charge in [-0.1, -0.05) is 23.7 Å². The van der Waals surface area contributed by atoms with Crippen LogP contribution in [-0.2, 0) is 0 Å². The summed E-state index contributed by atoms with van der Waals surface area (Å²) in [5, 5.41) is 7.59. The number of halogens is 1. The van der Waals surface area contributed by atoms with Crippen molar-refractivity contribution in [1.29, 1.82) is 5.41 Å². The van der Waals surface area contributed by atoms with Crippen molar-refractivity contribution in [3.8, 4) is 0 Å². The SMILES string of the molecule is Cc1ccc(C=N)c(Cl)c1. The third kappa shape index (κ3) is 1.36. The molecule has 0 fully saturated rings. The molecule has 1 aromatic carbocycles. The first-order valence-electron chi connectivity index (χ1n) is 3.00. The Labute approximate surface area is 65.1 Å². The minimum absolute atomic E-state index is 0.648. The minimum Gasteiger partial charge on any atom is -0.308 e. The summed E-state index contributed by atoms with van der Waals surface area (Å²) in [6.45, 7) is 1.97. The van der Waals surface area contributed by atoms with Gasteiger partial charge in [0.05, 0.1) is 0 Å². The maximum Gasteiger partial charge on any atom is 0.0496 e. The van der Waals surface area contributed by atoms with Crippen LogP contribution < -0.4 is 0 Å². The van der Waals surface area contributed by atoms with Gasteiger partial charge in [0.25, 0.3) is 0 Å². The molecule has 1 N–H and O–H groups in total. The summed E-state index contributed by atoms with van der Waals surface area (Å²) in [4.78, 5) is 0. The van der Waals surface area contributed by atoms with Crippen molar-refractivity contribution in [3.63, 3.8) is 0 Å². The van der Waals surface area contributed by atoms with Crippen molar-refractivity contribution in [3.05, 3.63) is 34.3 Å². The van der Waals surface area contributed by atoms with Gasteiger partial charge in [-0.05, 0) is 18.6 Å². The molecule has 1 nitrogen and oxygen atoms in total. The van der Waals surface area contributed by atoms with E-state index in [-0.39, 0.29) is 0 Å². The Morgan fingerprint density at radius 1 is 1.50 bits per heavy atom. The normalized spacial score (nSPS) is 9.40. The molecule has 0 amide bonds. The van der Waals surface area contributed by atoms with Crippen LogP contribution in [0.1, 0.15) is 11.1 Å². The van der Waals surface area contributed by atoms with Crippen LogP contribution in [0, 0.1) is 12.3 Å². The third-order valence-electron chi connectivity index (χ3n) is 1.31. The zero-order valence-electron chi connectivity index (χ0n) is 5.69. The van der Waals surface area contributed by atoms with Crippen LogP contribution in [0.5, 0.6) is 0 Å². The highest BCUT2D eigenvalue weighted by Gasteiger charge is 1.94. The molecule has 0 aliphatic carbocycles. The molecule has 1 aromatic rings. The van der Waals surface area contributed by atoms with Gasteiger partial charge >= 0.3 is 0 Å². The fourth-order valence-corrected chi connectivity index (χ4v) is 1.04. The van der Waals surface area contributed by atoms with Crippen LogP contribution in [-0.4, -0.2) is 6.21 Å². The Hall–Kier alpha value is -0.820. The smallest absolute Gasteiger partial charge is 0.0496 e. The summed E-state index contributed by atoms with van der Waals surface area (Å²) in [6, 6.07) is 5.62. The van der Waals surface area contributed by atoms with E-state index in [4.69, 9.17) is 17.0 Å². The average Bonchev–Trinajstić information content (AvgIpc) is 1.88. The van der Waals surface area contributed by atoms with Crippen molar-refractivity contribution < 1.29 is 0 Å². The maximum absolute atomic E-state index is 6.95. The second-order valence-electron chi connectivity index (χ2n) is 2.17. The number of hydrogen-bond acceptors (Lipinski definition) is 1. The Balaban J connectivity index is 3.19. The minimum atomic E-state index is 0.648. The Morgan fingerprint density at radius 3 is 2.70 bits per heavy atom. The largest absolute Gasteiger partial charge is 0.308 e. The molecule has 0 unspecified atom stereocenters. The lowest BCUT2D eigenvalue weighted by atomic mass is 10.2. The quantitative estimate of drug-likeness (QED) is 0.600. The monoisotopic (exact) mass is 153 g/mol. The van der Waals surface area contributed by atoms with Gasteiger partial charge in [0.2, 0.25) is 0 Å². The predicted molar refractivity (Wildman–Crippen MR) is 44.1 cm³/mol. The van der Waals surface area contributed by atoms with Crippen LogP contribution in [0.3, 0.4) is 0 Å². The first kappa shape index (κ1) is 7.29. The molecule has 2 heteroatoms. The molecule has 0 spiro atoms. The van der Waals surface area contributed by atoms with E-state index in [0.29, 0.717) is 5.02 Å². The molecular formula is C8H8ClN. The summed E-state index contributed by atoms with van der Waals surface area (Å²) in [5.41, 5.74) is 1.89. The fourth-order valence-electron chi connectivity index (χ4n) is 0.749. The Morgan fingerprint density at radius 2 is 2.20 bits per heavy atom. The van der Waals surface area contributed by atoms with Crippen molar-refractivity contribution in [1.82, 2.24) is 0 Å². The van der Waals surface area contributed by atoms with Crippen molar-refractivity contribution in [2.24, 2.45) is 0 Å². The van der Waals surface area contributed by atoms with Gasteiger partial charge in [-0.15, -0.1) is 0 Å². The van der Waals surface area contributed by atoms with Gasteiger partial charge < -0.3 is 5.41 Å². The third-order valence-corrected chi connectivity index (χ3v) is 1.64. The molecule has 0 radical (unpaired) electrons. The first-order chi connectivity index (χ1) is 4.74. The molecule has 0 aliphatic rings. The number of nitrogens with one attached hydrogen (secondary N) is 1. The predicted octanol–water partition coefficient (Wildman–Crippen LogP) is 2.65. The summed E-state index contributed by atoms with van der Waals surface area (Å²) in [6.07, 6.45) is 1.25. The maximum atomic E-state index is 6.95. The highest BCUT2D eigenvalue weighted by atomic mass is 35.5. The summed E-state index contributed by atoms with van der Waals surface area (Å²) >= 11 is 5.78. The molecule has 1 rings (SSSR count). The second-order valence-corrected chi connectivity index (χ2v) is 2.58. The van der Waals surface area contributed by atoms with Gasteiger partial charge in [0.15, 0.2) is 0 Å². The van der Waals surface area contributed by atoms with Crippen LogP contribution in [0.4, 0.5) is 0 Å². The van der Waals surface area contributed by atoms with Gasteiger partial charge in [0.1, 0.15) is 0 Å². The van der Waals surface area contributed by atoms with Gasteiger partial charge in [-0.3, -0.25) is 0 Å². The Kier molecular flexibility index (Phi) is 2.07. The van der Waals surface area contributed by atoms with Gasteiger partial charge in [-0.2, -0.15) is 0 Å². The first-order valence-corrected chi connectivity index (χ1v) is 3.38. The fraction of sp³-hybridized carbons (Fsp3) is 0.125. The van der Waals surface area contributed by atoms with Crippen LogP contribution in [0.25, 0.3) is 0 Å². The molecule has 0 atom stereocenters. The average molecular weight is 154 g/mol. The number of rotatable bonds is 1. The second kappa shape index (κ2) is 2.84. The van der Waals surface area contributed by atoms with Crippen molar-refractivity contribution in [2.75, 3.05) is 0 Å². The van der Waals surface area contributed by atoms with E-state index in [1.807, 2.05) is 25.1 Å². The molecule has 52 valence electrons. The van der Waals surface area contributed by atoms with Crippen LogP contribution in [0.15, 0.2) is 18.2 Å². The van der Waals surface area contributed by atoms with Gasteiger partial charge in [0, 0.05) is 16.8 Å². The molecule has 0 saturated heterocycles. The van der Waals surface area contributed by atoms with E-state index in [0.717, 1.165) is 11.1 Å². The van der Waals surface area contributed by atoms with Crippen molar-refractivity contribution in [2.45, 2.75) is 6.92 Å². The highest BCUT2D eigenvalue weighted by Crippen LogP contribution is 2.14. The molecule has 0 bridgehead atoms. The summed E-state index contributed by atoms with van der Waals surface area (Å²) in [5.74, 6) is 0. The number of hydrogen-bond donors (Lipinski definition) is 1. The highest BCUT2D eigenvalue weighted by molar-refractivity contribution is 6.33. The number of aryl methyl sites for hydroxylation is 1. The molecule has 10 heavy (non-hydrogen) atoms. The molecule has 0 heterocycles. The lowest BCUT2D eigenvalue weighted by Crippen LogP contribution is -1.81. The van der Waals surface area contributed by atoms with E-state index in [9.17, 15) is 0 Å². The van der Waals surface area contributed by atoms with Gasteiger partial charge in [-0.25, -0.2) is 0 Å². The van der Waals surface area contributed by atoms with E-state index in [1.54, 1.807) is 0 Å². The lowest BCUT2D eigenvalue weighted by molar-refractivity contribution is 1.45. The van der Waals surface area contributed by atoms with Crippen LogP contribution in [0.2, 0.25) is 5.02 Å². The van der Waals surface area contributed by atoms with E-state index < -0.39 is 0 Å². The number of benzene rings is 1. The molecule has 0 saturated carbocycles. The van der Waals surface area contributed by atoms with E-state index in [1.165, 1.54) is 6.21 Å². The summed E-state index contributed by atoms with van der Waals surface area (Å²) < 4.78 is 0. The van der Waals surface area contributed by atoms with Crippen LogP contribution >= 0.6 is 11.6 Å². The molecule has 0 aliphatic heterocycles. The molecule has 0 aromatic heterocycles. The Bertz CT molecular complexity index is 255. The van der Waals surface area contributed by atoms with Crippen molar-refractivity contribution >= 4 is 17.8 Å². The van der Waals surface area contributed by atoms with E-state index >= 15 is 0 Å². The topological polar surface area (TPSA) is 23.9 Å². The zero-order valence-corrected chi connectivity index (χ0v) is 6.44. The summed E-state index contributed by atoms with van der Waals surface area (Å²) in [7, 11) is 0. The van der Waals surface area contributed by atoms with E-state index in [2.05, 4.69) is 0 Å². The molecular weight excluding hydrogens is 146 g/mol. The zero-order chi connectivity index (χ0) is 7.56. The standard InChI is InChI=1S/C8H8ClN/c1-6-2-3-7(5-10)8(9)4-6/h2-5,10H,1H3. The lowest BCUT2D eigenvalue weighted by Gasteiger charge is -1.96.